The number of hydrogen-bond acceptors (Lipinski definition) is 5. The number of pyridine rings is 1. The second-order valence-electron chi connectivity index (χ2n) is 7.88. The van der Waals surface area contributed by atoms with E-state index in [1.807, 2.05) is 18.5 Å². The van der Waals surface area contributed by atoms with Crippen molar-refractivity contribution in [2.45, 2.75) is 25.9 Å². The van der Waals surface area contributed by atoms with Crippen LogP contribution >= 0.6 is 15.9 Å². The summed E-state index contributed by atoms with van der Waals surface area (Å²) < 4.78 is 1.14. The number of nitrogens with zero attached hydrogens (tertiary/aromatic N) is 4. The molecule has 0 bridgehead atoms. The number of rotatable bonds is 11. The first-order chi connectivity index (χ1) is 14.2. The molecular weight excluding hydrogens is 426 g/mol. The highest BCUT2D eigenvalue weighted by molar-refractivity contribution is 9.10. The monoisotopic (exact) mass is 459 g/mol. The van der Waals surface area contributed by atoms with Crippen molar-refractivity contribution in [3.05, 3.63) is 64.4 Å². The van der Waals surface area contributed by atoms with E-state index in [9.17, 15) is 0 Å². The normalized spacial score (nSPS) is 15.8. The summed E-state index contributed by atoms with van der Waals surface area (Å²) in [6.45, 7) is 10.8. The fourth-order valence-electron chi connectivity index (χ4n) is 3.93. The van der Waals surface area contributed by atoms with Crippen LogP contribution in [0.3, 0.4) is 0 Å². The minimum atomic E-state index is 0.797. The van der Waals surface area contributed by atoms with Gasteiger partial charge in [0.05, 0.1) is 0 Å². The van der Waals surface area contributed by atoms with Crippen LogP contribution in [-0.2, 0) is 13.1 Å². The van der Waals surface area contributed by atoms with Crippen molar-refractivity contribution in [3.8, 4) is 0 Å². The first-order valence-corrected chi connectivity index (χ1v) is 11.5. The fraction of sp³-hybridized carbons (Fsp3) is 0.522. The predicted octanol–water partition coefficient (Wildman–Crippen LogP) is 3.20. The molecule has 3 rings (SSSR count). The van der Waals surface area contributed by atoms with Gasteiger partial charge in [-0.1, -0.05) is 34.1 Å². The van der Waals surface area contributed by atoms with Gasteiger partial charge in [-0.2, -0.15) is 0 Å². The van der Waals surface area contributed by atoms with Crippen LogP contribution < -0.4 is 5.73 Å². The molecule has 2 aromatic rings. The summed E-state index contributed by atoms with van der Waals surface area (Å²) in [6.07, 6.45) is 6.12. The van der Waals surface area contributed by atoms with Crippen molar-refractivity contribution < 1.29 is 0 Å². The zero-order chi connectivity index (χ0) is 20.3. The third-order valence-corrected chi connectivity index (χ3v) is 6.01. The maximum absolute atomic E-state index is 5.64. The number of aromatic nitrogens is 1. The Bertz CT molecular complexity index is 703. The highest BCUT2D eigenvalue weighted by Crippen LogP contribution is 2.15. The summed E-state index contributed by atoms with van der Waals surface area (Å²) in [5.74, 6) is 0. The van der Waals surface area contributed by atoms with Crippen LogP contribution in [-0.4, -0.2) is 72.0 Å². The van der Waals surface area contributed by atoms with Gasteiger partial charge in [-0.05, 0) is 61.8 Å². The summed E-state index contributed by atoms with van der Waals surface area (Å²) in [7, 11) is 0. The molecule has 0 amide bonds. The standard InChI is InChI=1S/C23H34BrN5/c24-23-7-1-5-21(17-23)19-29(20-22-6-2-9-26-18-22)12-4-11-28-15-13-27(14-16-28)10-3-8-25/h1-2,5-7,9,17-18H,3-4,8,10-16,19-20,25H2. The molecule has 158 valence electrons. The average molecular weight is 460 g/mol. The number of piperazine rings is 1. The van der Waals surface area contributed by atoms with Crippen molar-refractivity contribution in [2.75, 3.05) is 52.4 Å². The lowest BCUT2D eigenvalue weighted by Crippen LogP contribution is -2.47. The largest absolute Gasteiger partial charge is 0.330 e. The Hall–Kier alpha value is -1.31. The Morgan fingerprint density at radius 1 is 0.931 bits per heavy atom. The van der Waals surface area contributed by atoms with E-state index < -0.39 is 0 Å². The highest BCUT2D eigenvalue weighted by atomic mass is 79.9. The van der Waals surface area contributed by atoms with Crippen LogP contribution in [0.4, 0.5) is 0 Å². The summed E-state index contributed by atoms with van der Waals surface area (Å²) in [5, 5.41) is 0. The Kier molecular flexibility index (Phi) is 9.57. The van der Waals surface area contributed by atoms with Crippen LogP contribution in [0.1, 0.15) is 24.0 Å². The van der Waals surface area contributed by atoms with Crippen molar-refractivity contribution >= 4 is 15.9 Å². The van der Waals surface area contributed by atoms with E-state index in [1.54, 1.807) is 0 Å². The van der Waals surface area contributed by atoms with Gasteiger partial charge >= 0.3 is 0 Å². The molecular formula is C23H34BrN5. The summed E-state index contributed by atoms with van der Waals surface area (Å²) >= 11 is 3.60. The van der Waals surface area contributed by atoms with Gasteiger partial charge in [0, 0.05) is 62.7 Å². The molecule has 2 N–H and O–H groups in total. The molecule has 1 aliphatic heterocycles. The van der Waals surface area contributed by atoms with Crippen LogP contribution in [0.5, 0.6) is 0 Å². The van der Waals surface area contributed by atoms with E-state index in [1.165, 1.54) is 50.3 Å². The molecule has 0 radical (unpaired) electrons. The van der Waals surface area contributed by atoms with E-state index in [2.05, 4.69) is 65.9 Å². The zero-order valence-corrected chi connectivity index (χ0v) is 18.9. The first-order valence-electron chi connectivity index (χ1n) is 10.7. The molecule has 1 aromatic heterocycles. The molecule has 0 unspecified atom stereocenters. The lowest BCUT2D eigenvalue weighted by Gasteiger charge is -2.35. The second kappa shape index (κ2) is 12.4. The predicted molar refractivity (Wildman–Crippen MR) is 124 cm³/mol. The van der Waals surface area contributed by atoms with Crippen molar-refractivity contribution in [1.82, 2.24) is 19.7 Å². The van der Waals surface area contributed by atoms with E-state index in [0.717, 1.165) is 43.6 Å². The lowest BCUT2D eigenvalue weighted by atomic mass is 10.2. The topological polar surface area (TPSA) is 48.6 Å². The third kappa shape index (κ3) is 8.15. The van der Waals surface area contributed by atoms with Crippen LogP contribution in [0.15, 0.2) is 53.3 Å². The van der Waals surface area contributed by atoms with Crippen LogP contribution in [0.25, 0.3) is 0 Å². The molecule has 0 atom stereocenters. The van der Waals surface area contributed by atoms with E-state index in [0.29, 0.717) is 0 Å². The van der Waals surface area contributed by atoms with E-state index in [-0.39, 0.29) is 0 Å². The van der Waals surface area contributed by atoms with Crippen LogP contribution in [0, 0.1) is 0 Å². The molecule has 29 heavy (non-hydrogen) atoms. The molecule has 0 saturated carbocycles. The minimum absolute atomic E-state index is 0.797. The third-order valence-electron chi connectivity index (χ3n) is 5.52. The summed E-state index contributed by atoms with van der Waals surface area (Å²) in [5.41, 5.74) is 8.26. The molecule has 0 spiro atoms. The lowest BCUT2D eigenvalue weighted by molar-refractivity contribution is 0.125. The summed E-state index contributed by atoms with van der Waals surface area (Å²) in [4.78, 5) is 12.0. The number of nitrogens with two attached hydrogens (primary N) is 1. The van der Waals surface area contributed by atoms with Gasteiger partial charge in [0.15, 0.2) is 0 Å². The molecule has 1 aromatic carbocycles. The van der Waals surface area contributed by atoms with Gasteiger partial charge in [0.1, 0.15) is 0 Å². The van der Waals surface area contributed by atoms with E-state index >= 15 is 0 Å². The van der Waals surface area contributed by atoms with E-state index in [4.69, 9.17) is 5.73 Å². The van der Waals surface area contributed by atoms with Gasteiger partial charge in [-0.15, -0.1) is 0 Å². The van der Waals surface area contributed by atoms with Gasteiger partial charge in [0.2, 0.25) is 0 Å². The molecule has 1 fully saturated rings. The number of benzene rings is 1. The molecule has 1 aliphatic rings. The molecule has 0 aliphatic carbocycles. The number of hydrogen-bond donors (Lipinski definition) is 1. The first kappa shape index (κ1) is 22.4. The molecule has 1 saturated heterocycles. The molecule has 2 heterocycles. The second-order valence-corrected chi connectivity index (χ2v) is 8.80. The van der Waals surface area contributed by atoms with Crippen molar-refractivity contribution in [3.63, 3.8) is 0 Å². The molecule has 6 heteroatoms. The minimum Gasteiger partial charge on any atom is -0.330 e. The molecule has 5 nitrogen and oxygen atoms in total. The van der Waals surface area contributed by atoms with Gasteiger partial charge in [0.25, 0.3) is 0 Å². The SMILES string of the molecule is NCCCN1CCN(CCCN(Cc2cccnc2)Cc2cccc(Br)c2)CC1. The quantitative estimate of drug-likeness (QED) is 0.558. The van der Waals surface area contributed by atoms with Gasteiger partial charge < -0.3 is 15.5 Å². The zero-order valence-electron chi connectivity index (χ0n) is 17.3. The Balaban J connectivity index is 1.48. The van der Waals surface area contributed by atoms with Crippen molar-refractivity contribution in [2.24, 2.45) is 5.73 Å². The average Bonchev–Trinajstić information content (AvgIpc) is 2.74. The maximum atomic E-state index is 5.64. The Morgan fingerprint density at radius 3 is 2.28 bits per heavy atom. The van der Waals surface area contributed by atoms with Crippen LogP contribution in [0.2, 0.25) is 0 Å². The Labute approximate surface area is 184 Å². The van der Waals surface area contributed by atoms with Crippen molar-refractivity contribution in [1.29, 1.82) is 0 Å². The highest BCUT2D eigenvalue weighted by Gasteiger charge is 2.16. The summed E-state index contributed by atoms with van der Waals surface area (Å²) in [6, 6.07) is 12.8. The number of halogens is 1. The Morgan fingerprint density at radius 2 is 1.62 bits per heavy atom. The fourth-order valence-corrected chi connectivity index (χ4v) is 4.37. The van der Waals surface area contributed by atoms with Gasteiger partial charge in [-0.25, -0.2) is 0 Å². The maximum Gasteiger partial charge on any atom is 0.0312 e. The van der Waals surface area contributed by atoms with Gasteiger partial charge in [-0.3, -0.25) is 9.88 Å². The smallest absolute Gasteiger partial charge is 0.0312 e.